The molecule has 1 amide bonds. The van der Waals surface area contributed by atoms with E-state index in [2.05, 4.69) is 36.4 Å². The lowest BCUT2D eigenvalue weighted by Gasteiger charge is -2.47. The zero-order chi connectivity index (χ0) is 19.5. The van der Waals surface area contributed by atoms with E-state index in [0.717, 1.165) is 12.8 Å². The van der Waals surface area contributed by atoms with Crippen molar-refractivity contribution in [3.63, 3.8) is 0 Å². The molecule has 5 heteroatoms. The molecule has 1 saturated carbocycles. The van der Waals surface area contributed by atoms with E-state index in [-0.39, 0.29) is 17.5 Å². The van der Waals surface area contributed by atoms with Crippen LogP contribution in [0.1, 0.15) is 59.8 Å². The van der Waals surface area contributed by atoms with Crippen molar-refractivity contribution in [3.8, 4) is 6.07 Å². The quantitative estimate of drug-likeness (QED) is 0.240. The molecule has 2 aliphatic rings. The van der Waals surface area contributed by atoms with Gasteiger partial charge in [-0.25, -0.2) is 0 Å². The van der Waals surface area contributed by atoms with Crippen LogP contribution in [0.2, 0.25) is 0 Å². The number of carbonyl (C=O) groups excluding carboxylic acids is 1. The minimum Gasteiger partial charge on any atom is -0.334 e. The molecule has 0 aromatic rings. The van der Waals surface area contributed by atoms with Crippen LogP contribution >= 0.6 is 22.6 Å². The molecule has 0 radical (unpaired) electrons. The average molecular weight is 474 g/mol. The van der Waals surface area contributed by atoms with E-state index in [0.29, 0.717) is 28.2 Å². The Morgan fingerprint density at radius 2 is 2.08 bits per heavy atom. The molecule has 1 saturated heterocycles. The molecule has 146 valence electrons. The fraction of sp³-hybridized carbons (Fsp3) is 0.810. The highest BCUT2D eigenvalue weighted by Gasteiger charge is 2.43. The number of carbonyl (C=O) groups is 1. The number of halogens is 2. The van der Waals surface area contributed by atoms with Crippen molar-refractivity contribution in [2.24, 2.45) is 23.2 Å². The van der Waals surface area contributed by atoms with Crippen LogP contribution in [0.4, 0.5) is 4.39 Å². The molecule has 2 rings (SSSR count). The maximum atomic E-state index is 13.2. The van der Waals surface area contributed by atoms with Crippen molar-refractivity contribution in [3.05, 3.63) is 11.6 Å². The predicted octanol–water partition coefficient (Wildman–Crippen LogP) is 5.30. The monoisotopic (exact) mass is 474 g/mol. The predicted molar refractivity (Wildman–Crippen MR) is 112 cm³/mol. The number of alkyl halides is 2. The first-order valence-electron chi connectivity index (χ1n) is 9.84. The lowest BCUT2D eigenvalue weighted by molar-refractivity contribution is -0.135. The van der Waals surface area contributed by atoms with Crippen molar-refractivity contribution < 1.29 is 9.18 Å². The molecule has 0 N–H and O–H groups in total. The van der Waals surface area contributed by atoms with Gasteiger partial charge in [0, 0.05) is 21.9 Å². The number of nitriles is 1. The van der Waals surface area contributed by atoms with Crippen LogP contribution in [0.5, 0.6) is 0 Å². The first-order chi connectivity index (χ1) is 12.2. The van der Waals surface area contributed by atoms with Gasteiger partial charge in [0.15, 0.2) is 0 Å². The van der Waals surface area contributed by atoms with E-state index in [1.807, 2.05) is 11.0 Å². The van der Waals surface area contributed by atoms with Crippen molar-refractivity contribution in [2.45, 2.75) is 69.8 Å². The summed E-state index contributed by atoms with van der Waals surface area (Å²) in [5.74, 6) is 1.33. The second-order valence-electron chi connectivity index (χ2n) is 9.00. The minimum absolute atomic E-state index is 0.0939. The Hall–Kier alpha value is -0.640. The van der Waals surface area contributed by atoms with Gasteiger partial charge in [0.1, 0.15) is 11.6 Å². The van der Waals surface area contributed by atoms with Crippen LogP contribution in [0, 0.1) is 34.5 Å². The Morgan fingerprint density at radius 3 is 2.65 bits per heavy atom. The van der Waals surface area contributed by atoms with Gasteiger partial charge >= 0.3 is 0 Å². The molecule has 0 aromatic carbocycles. The summed E-state index contributed by atoms with van der Waals surface area (Å²) in [6.07, 6.45) is 7.49. The molecule has 1 aliphatic carbocycles. The zero-order valence-electron chi connectivity index (χ0n) is 16.5. The fourth-order valence-corrected chi connectivity index (χ4v) is 5.73. The van der Waals surface area contributed by atoms with Crippen LogP contribution < -0.4 is 0 Å². The van der Waals surface area contributed by atoms with Crippen LogP contribution in [0.15, 0.2) is 11.6 Å². The van der Waals surface area contributed by atoms with Crippen LogP contribution in [0.3, 0.4) is 0 Å². The van der Waals surface area contributed by atoms with Gasteiger partial charge in [-0.2, -0.15) is 5.26 Å². The standard InChI is InChI=1S/C21H32FIN2O/c1-14(2)19-18-10-17(23)7-5-6-15(18)8-9-25(19)20(26)16(12-24)11-21(3,4)13-22/h11,14-15,17-19H,5-10,13H2,1-4H3/b16-11+. The number of rotatable bonds is 4. The summed E-state index contributed by atoms with van der Waals surface area (Å²) < 4.78 is 13.9. The number of hydrogen-bond donors (Lipinski definition) is 0. The van der Waals surface area contributed by atoms with Gasteiger partial charge in [-0.3, -0.25) is 9.18 Å². The molecule has 1 aliphatic heterocycles. The number of nitrogens with zero attached hydrogens (tertiary/aromatic N) is 2. The fourth-order valence-electron chi connectivity index (χ4n) is 4.70. The van der Waals surface area contributed by atoms with Crippen LogP contribution in [-0.4, -0.2) is 34.0 Å². The van der Waals surface area contributed by atoms with Gasteiger partial charge in [-0.1, -0.05) is 69.2 Å². The normalized spacial score (nSPS) is 30.5. The number of likely N-dealkylation sites (tertiary alicyclic amines) is 1. The van der Waals surface area contributed by atoms with Crippen LogP contribution in [-0.2, 0) is 4.79 Å². The average Bonchev–Trinajstić information content (AvgIpc) is 2.78. The SMILES string of the molecule is CC(C)C1C2CC(I)CCCC2CCN1C(=O)/C(C#N)=C/C(C)(C)CF. The number of piperidine rings is 1. The Balaban J connectivity index is 2.32. The third-order valence-electron chi connectivity index (χ3n) is 5.94. The highest BCUT2D eigenvalue weighted by molar-refractivity contribution is 14.1. The summed E-state index contributed by atoms with van der Waals surface area (Å²) in [6.45, 7) is 7.93. The van der Waals surface area contributed by atoms with Gasteiger partial charge in [-0.05, 0) is 37.0 Å². The number of amides is 1. The maximum absolute atomic E-state index is 13.2. The Kier molecular flexibility index (Phi) is 7.52. The first kappa shape index (κ1) is 21.7. The molecule has 4 unspecified atom stereocenters. The highest BCUT2D eigenvalue weighted by atomic mass is 127. The molecule has 0 aromatic heterocycles. The summed E-state index contributed by atoms with van der Waals surface area (Å²) in [6, 6.07) is 2.21. The lowest BCUT2D eigenvalue weighted by atomic mass is 9.72. The number of fused-ring (bicyclic) bond motifs is 1. The van der Waals surface area contributed by atoms with Gasteiger partial charge in [0.2, 0.25) is 0 Å². The number of allylic oxidation sites excluding steroid dienone is 1. The van der Waals surface area contributed by atoms with Gasteiger partial charge < -0.3 is 4.90 Å². The summed E-state index contributed by atoms with van der Waals surface area (Å²) in [7, 11) is 0. The van der Waals surface area contributed by atoms with Crippen molar-refractivity contribution in [1.29, 1.82) is 5.26 Å². The van der Waals surface area contributed by atoms with E-state index in [4.69, 9.17) is 0 Å². The van der Waals surface area contributed by atoms with E-state index in [1.165, 1.54) is 25.3 Å². The summed E-state index contributed by atoms with van der Waals surface area (Å²) >= 11 is 2.56. The second kappa shape index (κ2) is 9.03. The Labute approximate surface area is 171 Å². The van der Waals surface area contributed by atoms with Crippen LogP contribution in [0.25, 0.3) is 0 Å². The molecule has 1 heterocycles. The molecule has 3 nitrogen and oxygen atoms in total. The molecular weight excluding hydrogens is 442 g/mol. The topological polar surface area (TPSA) is 44.1 Å². The lowest BCUT2D eigenvalue weighted by Crippen LogP contribution is -2.54. The summed E-state index contributed by atoms with van der Waals surface area (Å²) in [5, 5.41) is 9.54. The molecule has 26 heavy (non-hydrogen) atoms. The molecule has 0 bridgehead atoms. The zero-order valence-corrected chi connectivity index (χ0v) is 18.6. The third-order valence-corrected chi connectivity index (χ3v) is 7.07. The van der Waals surface area contributed by atoms with E-state index in [1.54, 1.807) is 13.8 Å². The summed E-state index contributed by atoms with van der Waals surface area (Å²) in [5.41, 5.74) is -0.696. The highest BCUT2D eigenvalue weighted by Crippen LogP contribution is 2.43. The smallest absolute Gasteiger partial charge is 0.264 e. The van der Waals surface area contributed by atoms with E-state index < -0.39 is 12.1 Å². The minimum atomic E-state index is -0.790. The molecular formula is C21H32FIN2O. The van der Waals surface area contributed by atoms with E-state index >= 15 is 0 Å². The summed E-state index contributed by atoms with van der Waals surface area (Å²) in [4.78, 5) is 15.1. The van der Waals surface area contributed by atoms with Gasteiger partial charge in [0.05, 0.1) is 6.67 Å². The largest absolute Gasteiger partial charge is 0.334 e. The molecule has 0 spiro atoms. The first-order valence-corrected chi connectivity index (χ1v) is 11.1. The maximum Gasteiger partial charge on any atom is 0.264 e. The Morgan fingerprint density at radius 1 is 1.38 bits per heavy atom. The van der Waals surface area contributed by atoms with Crippen molar-refractivity contribution in [1.82, 2.24) is 4.90 Å². The molecule has 4 atom stereocenters. The van der Waals surface area contributed by atoms with Crippen molar-refractivity contribution >= 4 is 28.5 Å². The third kappa shape index (κ3) is 4.99. The van der Waals surface area contributed by atoms with Gasteiger partial charge in [-0.15, -0.1) is 0 Å². The molecule has 2 fully saturated rings. The van der Waals surface area contributed by atoms with Gasteiger partial charge in [0.25, 0.3) is 5.91 Å². The van der Waals surface area contributed by atoms with Crippen molar-refractivity contribution in [2.75, 3.05) is 13.2 Å². The van der Waals surface area contributed by atoms with E-state index in [9.17, 15) is 14.4 Å². The number of hydrogen-bond acceptors (Lipinski definition) is 2. The second-order valence-corrected chi connectivity index (χ2v) is 10.8. The Bertz CT molecular complexity index is 581.